The summed E-state index contributed by atoms with van der Waals surface area (Å²) in [5.74, 6) is -0.233. The van der Waals surface area contributed by atoms with Crippen LogP contribution in [0.3, 0.4) is 0 Å². The second kappa shape index (κ2) is 11.7. The summed E-state index contributed by atoms with van der Waals surface area (Å²) in [6, 6.07) is 5.78. The van der Waals surface area contributed by atoms with Gasteiger partial charge in [0.15, 0.2) is 0 Å². The highest BCUT2D eigenvalue weighted by Crippen LogP contribution is 2.32. The van der Waals surface area contributed by atoms with E-state index in [1.165, 1.54) is 34.7 Å². The molecular weight excluding hydrogens is 597 g/mol. The summed E-state index contributed by atoms with van der Waals surface area (Å²) < 4.78 is 8.69. The number of pyridine rings is 2. The van der Waals surface area contributed by atoms with Gasteiger partial charge in [0.25, 0.3) is 17.0 Å². The average molecular weight is 635 g/mol. The van der Waals surface area contributed by atoms with E-state index in [2.05, 4.69) is 63.9 Å². The number of carbonyl (C=O) groups excluding carboxylic acids is 1. The van der Waals surface area contributed by atoms with Crippen molar-refractivity contribution in [3.63, 3.8) is 0 Å². The van der Waals surface area contributed by atoms with Crippen molar-refractivity contribution in [2.24, 2.45) is 0 Å². The molecule has 0 bridgehead atoms. The quantitative estimate of drug-likeness (QED) is 0.174. The standard InChI is InChI=1S/C30H38N8O4SSi/c1-30(2)9-6-11-36(30)12-10-31-27(40)19-15-21-25(32-16-19)26-24(28(41)33-21)29-37(35-26)17-22(43-29)20-7-8-23(39)38(34-20)18-42-13-14-44(3,4)5/h7-8,15-17H,6,9-14,18H2,1-5H3,(H,31,40)(H,33,41). The second-order valence-corrected chi connectivity index (χ2v) is 19.9. The number of nitrogens with zero attached hydrogens (tertiary/aromatic N) is 6. The van der Waals surface area contributed by atoms with Crippen molar-refractivity contribution in [1.82, 2.24) is 39.6 Å². The number of amides is 1. The molecule has 5 aromatic rings. The average Bonchev–Trinajstić information content (AvgIpc) is 3.63. The number of nitrogens with one attached hydrogen (secondary N) is 2. The van der Waals surface area contributed by atoms with Crippen LogP contribution in [-0.2, 0) is 11.5 Å². The van der Waals surface area contributed by atoms with E-state index in [0.717, 1.165) is 30.4 Å². The maximum absolute atomic E-state index is 13.3. The first kappa shape index (κ1) is 30.3. The van der Waals surface area contributed by atoms with Crippen molar-refractivity contribution >= 4 is 52.1 Å². The largest absolute Gasteiger partial charge is 0.359 e. The first-order valence-electron chi connectivity index (χ1n) is 14.9. The molecule has 1 aliphatic heterocycles. The topological polar surface area (TPSA) is 140 Å². The molecule has 0 saturated carbocycles. The normalized spacial score (nSPS) is 15.6. The predicted octanol–water partition coefficient (Wildman–Crippen LogP) is 3.93. The number of rotatable bonds is 10. The van der Waals surface area contributed by atoms with Crippen LogP contribution in [0.1, 0.15) is 37.0 Å². The highest BCUT2D eigenvalue weighted by molar-refractivity contribution is 7.21. The van der Waals surface area contributed by atoms with E-state index in [4.69, 9.17) is 4.74 Å². The van der Waals surface area contributed by atoms with Gasteiger partial charge < -0.3 is 15.0 Å². The van der Waals surface area contributed by atoms with Gasteiger partial charge in [0.1, 0.15) is 33.7 Å². The van der Waals surface area contributed by atoms with Gasteiger partial charge in [-0.15, -0.1) is 11.3 Å². The minimum Gasteiger partial charge on any atom is -0.359 e. The van der Waals surface area contributed by atoms with Crippen molar-refractivity contribution in [2.75, 3.05) is 26.2 Å². The Labute approximate surface area is 259 Å². The second-order valence-electron chi connectivity index (χ2n) is 13.2. The first-order chi connectivity index (χ1) is 20.9. The molecule has 5 aromatic heterocycles. The molecule has 0 spiro atoms. The van der Waals surface area contributed by atoms with Gasteiger partial charge in [0.05, 0.1) is 16.0 Å². The highest BCUT2D eigenvalue weighted by atomic mass is 32.1. The lowest BCUT2D eigenvalue weighted by molar-refractivity contribution is 0.0752. The minimum absolute atomic E-state index is 0.0799. The maximum Gasteiger partial charge on any atom is 0.268 e. The number of fused-ring (bicyclic) bond motifs is 5. The fourth-order valence-electron chi connectivity index (χ4n) is 5.58. The van der Waals surface area contributed by atoms with E-state index in [1.807, 2.05) is 0 Å². The summed E-state index contributed by atoms with van der Waals surface area (Å²) in [4.78, 5) is 49.8. The molecule has 1 amide bonds. The number of thiazole rings is 1. The third-order valence-corrected chi connectivity index (χ3v) is 11.1. The predicted molar refractivity (Wildman–Crippen MR) is 175 cm³/mol. The molecule has 1 aliphatic rings. The third kappa shape index (κ3) is 6.11. The van der Waals surface area contributed by atoms with Gasteiger partial charge in [0, 0.05) is 51.8 Å². The summed E-state index contributed by atoms with van der Waals surface area (Å²) in [6.07, 6.45) is 5.64. The van der Waals surface area contributed by atoms with Crippen molar-refractivity contribution < 1.29 is 9.53 Å². The van der Waals surface area contributed by atoms with Gasteiger partial charge in [-0.05, 0) is 51.4 Å². The minimum atomic E-state index is -1.24. The first-order valence-corrected chi connectivity index (χ1v) is 19.5. The van der Waals surface area contributed by atoms with E-state index in [1.54, 1.807) is 22.8 Å². The van der Waals surface area contributed by atoms with Crippen LogP contribution in [0.25, 0.3) is 37.3 Å². The van der Waals surface area contributed by atoms with Crippen molar-refractivity contribution in [1.29, 1.82) is 0 Å². The summed E-state index contributed by atoms with van der Waals surface area (Å²) in [7, 11) is -1.24. The molecule has 0 unspecified atom stereocenters. The van der Waals surface area contributed by atoms with E-state index in [0.29, 0.717) is 51.2 Å². The number of H-pyrrole nitrogens is 1. The zero-order valence-electron chi connectivity index (χ0n) is 25.8. The lowest BCUT2D eigenvalue weighted by Crippen LogP contribution is -2.43. The van der Waals surface area contributed by atoms with Crippen LogP contribution in [0.15, 0.2) is 40.2 Å². The lowest BCUT2D eigenvalue weighted by Gasteiger charge is -2.31. The van der Waals surface area contributed by atoms with E-state index in [-0.39, 0.29) is 29.3 Å². The Morgan fingerprint density at radius 1 is 1.18 bits per heavy atom. The van der Waals surface area contributed by atoms with Crippen LogP contribution < -0.4 is 16.4 Å². The molecule has 2 N–H and O–H groups in total. The number of ether oxygens (including phenoxy) is 1. The van der Waals surface area contributed by atoms with Crippen LogP contribution >= 0.6 is 11.3 Å². The van der Waals surface area contributed by atoms with Gasteiger partial charge in [-0.2, -0.15) is 10.2 Å². The van der Waals surface area contributed by atoms with Gasteiger partial charge in [-0.1, -0.05) is 19.6 Å². The monoisotopic (exact) mass is 634 g/mol. The molecule has 0 radical (unpaired) electrons. The molecule has 44 heavy (non-hydrogen) atoms. The van der Waals surface area contributed by atoms with Crippen LogP contribution in [0.2, 0.25) is 25.7 Å². The van der Waals surface area contributed by atoms with Gasteiger partial charge in [-0.3, -0.25) is 24.3 Å². The van der Waals surface area contributed by atoms with Crippen LogP contribution in [0.5, 0.6) is 0 Å². The molecule has 232 valence electrons. The Bertz CT molecular complexity index is 1990. The summed E-state index contributed by atoms with van der Waals surface area (Å²) in [5.41, 5.74) is 1.97. The Morgan fingerprint density at radius 2 is 2.00 bits per heavy atom. The van der Waals surface area contributed by atoms with E-state index < -0.39 is 8.07 Å². The summed E-state index contributed by atoms with van der Waals surface area (Å²) in [5, 5.41) is 12.6. The van der Waals surface area contributed by atoms with Crippen LogP contribution in [-0.4, -0.2) is 80.0 Å². The van der Waals surface area contributed by atoms with Crippen LogP contribution in [0, 0.1) is 0 Å². The molecule has 1 saturated heterocycles. The number of likely N-dealkylation sites (tertiary alicyclic amines) is 1. The van der Waals surface area contributed by atoms with Gasteiger partial charge >= 0.3 is 0 Å². The van der Waals surface area contributed by atoms with E-state index in [9.17, 15) is 14.4 Å². The maximum atomic E-state index is 13.3. The Morgan fingerprint density at radius 3 is 2.75 bits per heavy atom. The number of hydrogen-bond donors (Lipinski definition) is 2. The van der Waals surface area contributed by atoms with Crippen molar-refractivity contribution in [3.05, 3.63) is 56.9 Å². The summed E-state index contributed by atoms with van der Waals surface area (Å²) in [6.45, 7) is 14.3. The molecule has 14 heteroatoms. The van der Waals surface area contributed by atoms with Crippen LogP contribution in [0.4, 0.5) is 0 Å². The molecule has 0 aliphatic carbocycles. The van der Waals surface area contributed by atoms with Crippen molar-refractivity contribution in [2.45, 2.75) is 64.6 Å². The SMILES string of the molecule is CC1(C)CCCN1CCNC(=O)c1cnc2c(c1)[nH]c(=O)c1c2nn2cc(-c3ccc(=O)n(COCC[Si](C)(C)C)n3)sc12. The molecule has 12 nitrogen and oxygen atoms in total. The fourth-order valence-corrected chi connectivity index (χ4v) is 7.39. The molecule has 1 fully saturated rings. The van der Waals surface area contributed by atoms with Gasteiger partial charge in [-0.25, -0.2) is 9.20 Å². The molecule has 0 atom stereocenters. The van der Waals surface area contributed by atoms with Crippen molar-refractivity contribution in [3.8, 4) is 10.6 Å². The third-order valence-electron chi connectivity index (χ3n) is 8.23. The highest BCUT2D eigenvalue weighted by Gasteiger charge is 2.31. The molecular formula is C30H38N8O4SSi. The zero-order chi connectivity index (χ0) is 31.2. The Hall–Kier alpha value is -3.72. The van der Waals surface area contributed by atoms with E-state index >= 15 is 0 Å². The molecule has 6 heterocycles. The summed E-state index contributed by atoms with van der Waals surface area (Å²) >= 11 is 1.35. The Kier molecular flexibility index (Phi) is 8.03. The van der Waals surface area contributed by atoms with Gasteiger partial charge in [0.2, 0.25) is 0 Å². The fraction of sp³-hybridized carbons (Fsp3) is 0.467. The molecule has 6 rings (SSSR count). The molecule has 0 aromatic carbocycles. The number of carbonyl (C=O) groups is 1. The zero-order valence-corrected chi connectivity index (χ0v) is 27.6. The Balaban J connectivity index is 1.22. The number of aromatic nitrogens is 6. The smallest absolute Gasteiger partial charge is 0.268 e. The number of aromatic amines is 1. The number of hydrogen-bond acceptors (Lipinski definition) is 9. The lowest BCUT2D eigenvalue weighted by atomic mass is 10.0.